The fraction of sp³-hybridized carbons (Fsp3) is 0.529. The zero-order chi connectivity index (χ0) is 15.9. The molecule has 6 heteroatoms. The lowest BCUT2D eigenvalue weighted by Gasteiger charge is -2.32. The lowest BCUT2D eigenvalue weighted by molar-refractivity contribution is -0.135. The molecule has 0 spiro atoms. The summed E-state index contributed by atoms with van der Waals surface area (Å²) in [6, 6.07) is 6.94. The molecule has 0 radical (unpaired) electrons. The lowest BCUT2D eigenvalue weighted by atomic mass is 9.98. The second-order valence-electron chi connectivity index (χ2n) is 5.78. The smallest absolute Gasteiger partial charge is 0.260 e. The van der Waals surface area contributed by atoms with Gasteiger partial charge in [0.1, 0.15) is 5.75 Å². The Kier molecular flexibility index (Phi) is 8.06. The molecule has 1 fully saturated rings. The minimum atomic E-state index is -0.0114. The molecule has 0 aromatic heterocycles. The van der Waals surface area contributed by atoms with Gasteiger partial charge in [-0.05, 0) is 51.4 Å². The quantitative estimate of drug-likeness (QED) is 0.806. The van der Waals surface area contributed by atoms with Crippen LogP contribution in [0.4, 0.5) is 0 Å². The van der Waals surface area contributed by atoms with E-state index in [9.17, 15) is 9.59 Å². The molecule has 0 saturated carbocycles. The number of rotatable bonds is 6. The van der Waals surface area contributed by atoms with E-state index in [1.165, 1.54) is 6.92 Å². The largest absolute Gasteiger partial charge is 0.484 e. The van der Waals surface area contributed by atoms with Gasteiger partial charge >= 0.3 is 0 Å². The molecule has 0 aliphatic carbocycles. The Balaban J connectivity index is 0.00000264. The molecular formula is C17H25ClN2O3. The molecule has 0 bridgehead atoms. The van der Waals surface area contributed by atoms with Crippen LogP contribution in [0.15, 0.2) is 24.3 Å². The van der Waals surface area contributed by atoms with Crippen molar-refractivity contribution in [2.45, 2.75) is 19.8 Å². The highest BCUT2D eigenvalue weighted by Crippen LogP contribution is 2.17. The van der Waals surface area contributed by atoms with Crippen LogP contribution in [0.3, 0.4) is 0 Å². The van der Waals surface area contributed by atoms with Crippen LogP contribution in [0.2, 0.25) is 0 Å². The number of benzene rings is 1. The van der Waals surface area contributed by atoms with Gasteiger partial charge in [-0.3, -0.25) is 9.59 Å². The lowest BCUT2D eigenvalue weighted by Crippen LogP contribution is -2.44. The Hall–Kier alpha value is -1.59. The molecule has 1 aliphatic heterocycles. The number of ketones is 1. The fourth-order valence-electron chi connectivity index (χ4n) is 2.79. The summed E-state index contributed by atoms with van der Waals surface area (Å²) in [6.45, 7) is 4.06. The summed E-state index contributed by atoms with van der Waals surface area (Å²) in [5.74, 6) is 1.07. The van der Waals surface area contributed by atoms with Gasteiger partial charge in [0.15, 0.2) is 12.4 Å². The van der Waals surface area contributed by atoms with Gasteiger partial charge in [-0.2, -0.15) is 0 Å². The van der Waals surface area contributed by atoms with Gasteiger partial charge in [0.05, 0.1) is 0 Å². The van der Waals surface area contributed by atoms with Crippen molar-refractivity contribution in [1.82, 2.24) is 10.2 Å². The normalized spacial score (nSPS) is 17.3. The van der Waals surface area contributed by atoms with E-state index in [0.717, 1.165) is 32.5 Å². The van der Waals surface area contributed by atoms with E-state index in [1.807, 2.05) is 11.9 Å². The predicted octanol–water partition coefficient (Wildman–Crippen LogP) is 2.15. The Bertz CT molecular complexity index is 534. The molecular weight excluding hydrogens is 316 g/mol. The standard InChI is InChI=1S/C17H24N2O3.ClH/c1-13(20)15-6-3-7-16(9-15)22-12-17(21)19-8-4-5-14(11-19)10-18-2;/h3,6-7,9,14,18H,4-5,8,10-12H2,1-2H3;1H. The predicted molar refractivity (Wildman–Crippen MR) is 92.4 cm³/mol. The summed E-state index contributed by atoms with van der Waals surface area (Å²) in [7, 11) is 1.94. The maximum atomic E-state index is 12.3. The van der Waals surface area contributed by atoms with Crippen molar-refractivity contribution in [3.05, 3.63) is 29.8 Å². The molecule has 5 nitrogen and oxygen atoms in total. The van der Waals surface area contributed by atoms with Crippen molar-refractivity contribution < 1.29 is 14.3 Å². The highest BCUT2D eigenvalue weighted by Gasteiger charge is 2.23. The summed E-state index contributed by atoms with van der Waals surface area (Å²) >= 11 is 0. The molecule has 1 aromatic carbocycles. The van der Waals surface area contributed by atoms with Crippen LogP contribution >= 0.6 is 12.4 Å². The summed E-state index contributed by atoms with van der Waals surface area (Å²) in [5.41, 5.74) is 0.594. The number of likely N-dealkylation sites (tertiary alicyclic amines) is 1. The van der Waals surface area contributed by atoms with Gasteiger partial charge in [0.25, 0.3) is 5.91 Å². The number of halogens is 1. The van der Waals surface area contributed by atoms with E-state index in [2.05, 4.69) is 5.32 Å². The van der Waals surface area contributed by atoms with Crippen molar-refractivity contribution in [2.24, 2.45) is 5.92 Å². The van der Waals surface area contributed by atoms with Crippen molar-refractivity contribution in [3.8, 4) is 5.75 Å². The van der Waals surface area contributed by atoms with Crippen molar-refractivity contribution in [2.75, 3.05) is 33.3 Å². The maximum absolute atomic E-state index is 12.3. The number of hydrogen-bond acceptors (Lipinski definition) is 4. The minimum absolute atomic E-state index is 0. The summed E-state index contributed by atoms with van der Waals surface area (Å²) in [5, 5.41) is 3.17. The number of ether oxygens (including phenoxy) is 1. The Labute approximate surface area is 143 Å². The third-order valence-electron chi connectivity index (χ3n) is 3.97. The van der Waals surface area contributed by atoms with Crippen molar-refractivity contribution >= 4 is 24.1 Å². The zero-order valence-corrected chi connectivity index (χ0v) is 14.5. The Morgan fingerprint density at radius 1 is 1.39 bits per heavy atom. The topological polar surface area (TPSA) is 58.6 Å². The first kappa shape index (κ1) is 19.5. The highest BCUT2D eigenvalue weighted by molar-refractivity contribution is 5.94. The van der Waals surface area contributed by atoms with Gasteiger partial charge < -0.3 is 15.0 Å². The van der Waals surface area contributed by atoms with Crippen molar-refractivity contribution in [3.63, 3.8) is 0 Å². The molecule has 1 aromatic rings. The summed E-state index contributed by atoms with van der Waals surface area (Å²) < 4.78 is 5.55. The maximum Gasteiger partial charge on any atom is 0.260 e. The van der Waals surface area contributed by atoms with Crippen LogP contribution in [-0.4, -0.2) is 49.9 Å². The van der Waals surface area contributed by atoms with E-state index in [0.29, 0.717) is 17.2 Å². The van der Waals surface area contributed by atoms with Gasteiger partial charge in [-0.1, -0.05) is 12.1 Å². The molecule has 1 aliphatic rings. The minimum Gasteiger partial charge on any atom is -0.484 e. The zero-order valence-electron chi connectivity index (χ0n) is 13.7. The SMILES string of the molecule is CNCC1CCCN(C(=O)COc2cccc(C(C)=O)c2)C1.Cl. The van der Waals surface area contributed by atoms with Gasteiger partial charge in [-0.15, -0.1) is 12.4 Å². The average Bonchev–Trinajstić information content (AvgIpc) is 2.53. The first-order chi connectivity index (χ1) is 10.6. The van der Waals surface area contributed by atoms with Gasteiger partial charge in [0.2, 0.25) is 0 Å². The number of nitrogens with one attached hydrogen (secondary N) is 1. The van der Waals surface area contributed by atoms with E-state index in [-0.39, 0.29) is 30.7 Å². The first-order valence-electron chi connectivity index (χ1n) is 7.76. The first-order valence-corrected chi connectivity index (χ1v) is 7.76. The van der Waals surface area contributed by atoms with Gasteiger partial charge in [-0.25, -0.2) is 0 Å². The van der Waals surface area contributed by atoms with E-state index in [1.54, 1.807) is 24.3 Å². The molecule has 23 heavy (non-hydrogen) atoms. The van der Waals surface area contributed by atoms with Crippen LogP contribution in [0.25, 0.3) is 0 Å². The molecule has 1 heterocycles. The third kappa shape index (κ3) is 5.84. The van der Waals surface area contributed by atoms with Gasteiger partial charge in [0, 0.05) is 18.7 Å². The number of Topliss-reactive ketones (excluding diaryl/α,β-unsaturated/α-hetero) is 1. The molecule has 128 valence electrons. The monoisotopic (exact) mass is 340 g/mol. The van der Waals surface area contributed by atoms with Crippen LogP contribution < -0.4 is 10.1 Å². The van der Waals surface area contributed by atoms with Crippen LogP contribution in [-0.2, 0) is 4.79 Å². The average molecular weight is 341 g/mol. The molecule has 1 atom stereocenters. The molecule has 1 unspecified atom stereocenters. The second kappa shape index (κ2) is 9.53. The van der Waals surface area contributed by atoms with Crippen molar-refractivity contribution in [1.29, 1.82) is 0 Å². The molecule has 1 N–H and O–H groups in total. The number of carbonyl (C=O) groups is 2. The van der Waals surface area contributed by atoms with E-state index in [4.69, 9.17) is 4.74 Å². The molecule has 1 amide bonds. The molecule has 1 saturated heterocycles. The number of hydrogen-bond donors (Lipinski definition) is 1. The Morgan fingerprint density at radius 3 is 2.87 bits per heavy atom. The summed E-state index contributed by atoms with van der Waals surface area (Å²) in [4.78, 5) is 25.5. The number of carbonyl (C=O) groups excluding carboxylic acids is 2. The van der Waals surface area contributed by atoms with E-state index < -0.39 is 0 Å². The fourth-order valence-corrected chi connectivity index (χ4v) is 2.79. The summed E-state index contributed by atoms with van der Waals surface area (Å²) in [6.07, 6.45) is 2.20. The second-order valence-corrected chi connectivity index (χ2v) is 5.78. The Morgan fingerprint density at radius 2 is 2.17 bits per heavy atom. The van der Waals surface area contributed by atoms with Crippen LogP contribution in [0, 0.1) is 5.92 Å². The highest BCUT2D eigenvalue weighted by atomic mass is 35.5. The number of piperidine rings is 1. The van der Waals surface area contributed by atoms with E-state index >= 15 is 0 Å². The van der Waals surface area contributed by atoms with Crippen LogP contribution in [0.1, 0.15) is 30.1 Å². The van der Waals surface area contributed by atoms with Crippen LogP contribution in [0.5, 0.6) is 5.75 Å². The number of amides is 1. The number of nitrogens with zero attached hydrogens (tertiary/aromatic N) is 1. The molecule has 2 rings (SSSR count). The third-order valence-corrected chi connectivity index (χ3v) is 3.97.